The second kappa shape index (κ2) is 7.64. The summed E-state index contributed by atoms with van der Waals surface area (Å²) in [5, 5.41) is 2.39. The summed E-state index contributed by atoms with van der Waals surface area (Å²) in [4.78, 5) is 0. The van der Waals surface area contributed by atoms with Crippen LogP contribution in [0, 0.1) is 5.92 Å². The molecule has 1 saturated heterocycles. The van der Waals surface area contributed by atoms with Crippen LogP contribution in [-0.4, -0.2) is 33.4 Å². The van der Waals surface area contributed by atoms with E-state index in [0.29, 0.717) is 19.6 Å². The molecule has 5 heteroatoms. The van der Waals surface area contributed by atoms with E-state index in [4.69, 9.17) is 4.74 Å². The van der Waals surface area contributed by atoms with Crippen LogP contribution in [0.4, 0.5) is 0 Å². The molecule has 3 rings (SSSR count). The lowest BCUT2D eigenvalue weighted by Crippen LogP contribution is -2.38. The van der Waals surface area contributed by atoms with Crippen molar-refractivity contribution in [1.29, 1.82) is 0 Å². The van der Waals surface area contributed by atoms with Gasteiger partial charge in [-0.2, -0.15) is 0 Å². The van der Waals surface area contributed by atoms with Gasteiger partial charge >= 0.3 is 0 Å². The molecule has 2 aromatic rings. The highest BCUT2D eigenvalue weighted by molar-refractivity contribution is 7.89. The van der Waals surface area contributed by atoms with E-state index in [1.165, 1.54) is 10.8 Å². The van der Waals surface area contributed by atoms with Gasteiger partial charge in [0, 0.05) is 19.3 Å². The average Bonchev–Trinajstić information content (AvgIpc) is 2.54. The van der Waals surface area contributed by atoms with E-state index in [0.717, 1.165) is 18.4 Å². The molecular weight excluding hydrogens is 322 g/mol. The zero-order chi connectivity index (χ0) is 17.0. The summed E-state index contributed by atoms with van der Waals surface area (Å²) in [6.45, 7) is 3.27. The minimum absolute atomic E-state index is 0.115. The minimum atomic E-state index is -3.25. The van der Waals surface area contributed by atoms with Gasteiger partial charge < -0.3 is 4.74 Å². The second-order valence-corrected chi connectivity index (χ2v) is 8.54. The largest absolute Gasteiger partial charge is 0.381 e. The lowest BCUT2D eigenvalue weighted by atomic mass is 10.0. The molecule has 4 nitrogen and oxygen atoms in total. The summed E-state index contributed by atoms with van der Waals surface area (Å²) in [5.41, 5.74) is 1.15. The number of hydrogen-bond donors (Lipinski definition) is 1. The Morgan fingerprint density at radius 2 is 1.83 bits per heavy atom. The fourth-order valence-electron chi connectivity index (χ4n) is 3.34. The van der Waals surface area contributed by atoms with Crippen LogP contribution in [-0.2, 0) is 21.2 Å². The summed E-state index contributed by atoms with van der Waals surface area (Å²) in [5.74, 6) is 0.419. The summed E-state index contributed by atoms with van der Waals surface area (Å²) >= 11 is 0. The molecule has 130 valence electrons. The molecule has 0 spiro atoms. The lowest BCUT2D eigenvalue weighted by Gasteiger charge is -2.23. The number of benzene rings is 2. The first-order chi connectivity index (χ1) is 11.5. The van der Waals surface area contributed by atoms with Crippen LogP contribution in [0.15, 0.2) is 42.5 Å². The van der Waals surface area contributed by atoms with Gasteiger partial charge in [-0.3, -0.25) is 0 Å². The maximum absolute atomic E-state index is 12.4. The van der Waals surface area contributed by atoms with Crippen molar-refractivity contribution in [3.05, 3.63) is 48.0 Å². The van der Waals surface area contributed by atoms with Crippen molar-refractivity contribution in [2.45, 2.75) is 32.2 Å². The number of rotatable bonds is 6. The normalized spacial score (nSPS) is 17.9. The Balaban J connectivity index is 1.59. The van der Waals surface area contributed by atoms with Crippen molar-refractivity contribution in [2.75, 3.05) is 19.0 Å². The van der Waals surface area contributed by atoms with Crippen LogP contribution in [0.3, 0.4) is 0 Å². The predicted octanol–water partition coefficient (Wildman–Crippen LogP) is 3.12. The fourth-order valence-corrected chi connectivity index (χ4v) is 5.09. The number of ether oxygens (including phenoxy) is 1. The van der Waals surface area contributed by atoms with Gasteiger partial charge in [0.05, 0.1) is 5.75 Å². The highest BCUT2D eigenvalue weighted by Gasteiger charge is 2.23. The Labute approximate surface area is 144 Å². The third kappa shape index (κ3) is 4.79. The quantitative estimate of drug-likeness (QED) is 0.873. The topological polar surface area (TPSA) is 55.4 Å². The molecule has 1 N–H and O–H groups in total. The molecule has 1 fully saturated rings. The Bertz CT molecular complexity index is 782. The molecule has 0 bridgehead atoms. The molecule has 0 saturated carbocycles. The predicted molar refractivity (Wildman–Crippen MR) is 97.6 cm³/mol. The first-order valence-electron chi connectivity index (χ1n) is 8.57. The van der Waals surface area contributed by atoms with Crippen LogP contribution in [0.2, 0.25) is 0 Å². The standard InChI is InChI=1S/C19H25NO3S/c1-15(20-24(21,22)14-16-8-10-23-11-9-16)12-17-6-7-18-4-2-3-5-19(18)13-17/h2-7,13,15-16,20H,8-12,14H2,1H3. The van der Waals surface area contributed by atoms with E-state index in [2.05, 4.69) is 35.1 Å². The lowest BCUT2D eigenvalue weighted by molar-refractivity contribution is 0.0723. The van der Waals surface area contributed by atoms with E-state index in [1.54, 1.807) is 0 Å². The average molecular weight is 347 g/mol. The van der Waals surface area contributed by atoms with Gasteiger partial charge in [-0.05, 0) is 48.4 Å². The van der Waals surface area contributed by atoms with Crippen molar-refractivity contribution >= 4 is 20.8 Å². The van der Waals surface area contributed by atoms with Crippen LogP contribution < -0.4 is 4.72 Å². The Kier molecular flexibility index (Phi) is 5.54. The van der Waals surface area contributed by atoms with E-state index >= 15 is 0 Å². The molecule has 1 unspecified atom stereocenters. The van der Waals surface area contributed by atoms with Gasteiger partial charge in [0.25, 0.3) is 0 Å². The summed E-state index contributed by atoms with van der Waals surface area (Å²) in [6.07, 6.45) is 2.36. The van der Waals surface area contributed by atoms with Gasteiger partial charge in [0.1, 0.15) is 0 Å². The Morgan fingerprint density at radius 1 is 1.12 bits per heavy atom. The summed E-state index contributed by atoms with van der Waals surface area (Å²) < 4.78 is 32.8. The van der Waals surface area contributed by atoms with E-state index in [9.17, 15) is 8.42 Å². The Hall–Kier alpha value is -1.43. The van der Waals surface area contributed by atoms with E-state index < -0.39 is 10.0 Å². The molecule has 1 aliphatic rings. The molecule has 1 aliphatic heterocycles. The monoisotopic (exact) mass is 347 g/mol. The summed E-state index contributed by atoms with van der Waals surface area (Å²) in [6, 6.07) is 14.4. The molecular formula is C19H25NO3S. The Morgan fingerprint density at radius 3 is 2.58 bits per heavy atom. The number of sulfonamides is 1. The van der Waals surface area contributed by atoms with Gasteiger partial charge in [-0.1, -0.05) is 42.5 Å². The van der Waals surface area contributed by atoms with Crippen molar-refractivity contribution in [3.63, 3.8) is 0 Å². The first-order valence-corrected chi connectivity index (χ1v) is 10.2. The van der Waals surface area contributed by atoms with Crippen LogP contribution >= 0.6 is 0 Å². The molecule has 2 aromatic carbocycles. The van der Waals surface area contributed by atoms with Crippen LogP contribution in [0.25, 0.3) is 10.8 Å². The van der Waals surface area contributed by atoms with Crippen molar-refractivity contribution in [1.82, 2.24) is 4.72 Å². The maximum Gasteiger partial charge on any atom is 0.212 e. The van der Waals surface area contributed by atoms with Gasteiger partial charge in [0.15, 0.2) is 0 Å². The van der Waals surface area contributed by atoms with Gasteiger partial charge in [-0.15, -0.1) is 0 Å². The second-order valence-electron chi connectivity index (χ2n) is 6.74. The maximum atomic E-state index is 12.4. The molecule has 1 heterocycles. The zero-order valence-electron chi connectivity index (χ0n) is 14.1. The third-order valence-corrected chi connectivity index (χ3v) is 6.20. The van der Waals surface area contributed by atoms with Crippen molar-refractivity contribution < 1.29 is 13.2 Å². The minimum Gasteiger partial charge on any atom is -0.381 e. The highest BCUT2D eigenvalue weighted by Crippen LogP contribution is 2.18. The fraction of sp³-hybridized carbons (Fsp3) is 0.474. The smallest absolute Gasteiger partial charge is 0.212 e. The highest BCUT2D eigenvalue weighted by atomic mass is 32.2. The van der Waals surface area contributed by atoms with E-state index in [1.807, 2.05) is 19.1 Å². The van der Waals surface area contributed by atoms with E-state index in [-0.39, 0.29) is 17.7 Å². The van der Waals surface area contributed by atoms with Gasteiger partial charge in [0.2, 0.25) is 10.0 Å². The van der Waals surface area contributed by atoms with Crippen LogP contribution in [0.1, 0.15) is 25.3 Å². The number of fused-ring (bicyclic) bond motifs is 1. The molecule has 24 heavy (non-hydrogen) atoms. The first kappa shape index (κ1) is 17.4. The van der Waals surface area contributed by atoms with Gasteiger partial charge in [-0.25, -0.2) is 13.1 Å². The third-order valence-electron chi connectivity index (χ3n) is 4.53. The molecule has 0 aliphatic carbocycles. The zero-order valence-corrected chi connectivity index (χ0v) is 14.9. The SMILES string of the molecule is CC(Cc1ccc2ccccc2c1)NS(=O)(=O)CC1CCOCC1. The number of nitrogens with one attached hydrogen (secondary N) is 1. The van der Waals surface area contributed by atoms with Crippen molar-refractivity contribution in [3.8, 4) is 0 Å². The summed E-state index contributed by atoms with van der Waals surface area (Å²) in [7, 11) is -3.25. The number of hydrogen-bond acceptors (Lipinski definition) is 3. The van der Waals surface area contributed by atoms with Crippen molar-refractivity contribution in [2.24, 2.45) is 5.92 Å². The molecule has 0 aromatic heterocycles. The molecule has 0 amide bonds. The van der Waals surface area contributed by atoms with Crippen LogP contribution in [0.5, 0.6) is 0 Å². The molecule has 1 atom stereocenters. The molecule has 0 radical (unpaired) electrons.